The van der Waals surface area contributed by atoms with E-state index in [-0.39, 0.29) is 22.0 Å². The molecule has 1 aliphatic rings. The third-order valence-corrected chi connectivity index (χ3v) is 5.43. The molecule has 1 atom stereocenters. The van der Waals surface area contributed by atoms with Crippen LogP contribution in [0.3, 0.4) is 0 Å². The lowest BCUT2D eigenvalue weighted by atomic mass is 9.93. The number of aldehydes is 1. The number of carbonyl (C=O) groups is 2. The summed E-state index contributed by atoms with van der Waals surface area (Å²) in [6.45, 7) is 0. The number of halogens is 3. The number of benzene rings is 2. The Hall–Kier alpha value is -3.29. The minimum atomic E-state index is -0.945. The van der Waals surface area contributed by atoms with Gasteiger partial charge in [-0.15, -0.1) is 0 Å². The molecule has 1 unspecified atom stereocenters. The first-order valence-electron chi connectivity index (χ1n) is 8.68. The van der Waals surface area contributed by atoms with E-state index in [2.05, 4.69) is 4.98 Å². The third kappa shape index (κ3) is 3.22. The van der Waals surface area contributed by atoms with Crippen molar-refractivity contribution in [3.05, 3.63) is 92.8 Å². The lowest BCUT2D eigenvalue weighted by molar-refractivity contribution is -0.108. The molecule has 0 bridgehead atoms. The number of aromatic nitrogens is 2. The van der Waals surface area contributed by atoms with Crippen molar-refractivity contribution in [3.63, 3.8) is 0 Å². The molecule has 30 heavy (non-hydrogen) atoms. The van der Waals surface area contributed by atoms with Crippen molar-refractivity contribution >= 4 is 46.7 Å². The Morgan fingerprint density at radius 3 is 2.27 bits per heavy atom. The number of fused-ring (bicyclic) bond motifs is 1. The van der Waals surface area contributed by atoms with Gasteiger partial charge in [-0.25, -0.2) is 9.37 Å². The average Bonchev–Trinajstić information content (AvgIpc) is 2.75. The van der Waals surface area contributed by atoms with Crippen LogP contribution in [0, 0.1) is 5.82 Å². The zero-order valence-electron chi connectivity index (χ0n) is 15.1. The second kappa shape index (κ2) is 7.85. The van der Waals surface area contributed by atoms with Crippen LogP contribution in [0.5, 0.6) is 0 Å². The largest absolute Gasteiger partial charge is 0.298 e. The van der Waals surface area contributed by atoms with E-state index in [1.54, 1.807) is 24.3 Å². The van der Waals surface area contributed by atoms with Crippen LogP contribution in [0.25, 0.3) is 10.7 Å². The highest BCUT2D eigenvalue weighted by Crippen LogP contribution is 2.42. The molecule has 2 heterocycles. The number of amides is 1. The summed E-state index contributed by atoms with van der Waals surface area (Å²) in [6.07, 6.45) is 2.20. The number of hydrogen-bond donors (Lipinski definition) is 0. The molecule has 150 valence electrons. The number of hydrogen-bond acceptors (Lipinski definition) is 4. The van der Waals surface area contributed by atoms with E-state index in [9.17, 15) is 18.8 Å². The van der Waals surface area contributed by atoms with Gasteiger partial charge in [0, 0.05) is 10.6 Å². The predicted molar refractivity (Wildman–Crippen MR) is 111 cm³/mol. The smallest absolute Gasteiger partial charge is 0.268 e. The zero-order chi connectivity index (χ0) is 21.4. The van der Waals surface area contributed by atoms with Crippen LogP contribution in [0.1, 0.15) is 17.2 Å². The van der Waals surface area contributed by atoms with Crippen LogP contribution < -0.4 is 10.5 Å². The van der Waals surface area contributed by atoms with Gasteiger partial charge in [-0.2, -0.15) is 0 Å². The molecule has 0 radical (unpaired) electrons. The van der Waals surface area contributed by atoms with E-state index in [1.807, 2.05) is 0 Å². The van der Waals surface area contributed by atoms with Crippen LogP contribution in [-0.2, 0) is 9.59 Å². The van der Waals surface area contributed by atoms with Gasteiger partial charge in [0.2, 0.25) is 6.41 Å². The Morgan fingerprint density at radius 2 is 1.67 bits per heavy atom. The van der Waals surface area contributed by atoms with E-state index in [1.165, 1.54) is 35.2 Å². The van der Waals surface area contributed by atoms with Gasteiger partial charge < -0.3 is 0 Å². The molecule has 0 saturated carbocycles. The maximum absolute atomic E-state index is 13.4. The molecule has 0 aliphatic carbocycles. The van der Waals surface area contributed by atoms with Crippen LogP contribution in [0.2, 0.25) is 5.02 Å². The maximum Gasteiger partial charge on any atom is 0.268 e. The Balaban J connectivity index is 1.95. The summed E-state index contributed by atoms with van der Waals surface area (Å²) < 4.78 is 14.6. The lowest BCUT2D eigenvalue weighted by Gasteiger charge is -2.33. The first-order chi connectivity index (χ1) is 14.5. The van der Waals surface area contributed by atoms with E-state index in [4.69, 9.17) is 23.2 Å². The Labute approximate surface area is 179 Å². The summed E-state index contributed by atoms with van der Waals surface area (Å²) in [5.41, 5.74) is 0.279. The van der Waals surface area contributed by atoms with Crippen LogP contribution >= 0.6 is 23.2 Å². The first kappa shape index (κ1) is 20.0. The van der Waals surface area contributed by atoms with Crippen LogP contribution in [0.15, 0.2) is 65.2 Å². The normalized spacial score (nSPS) is 15.7. The maximum atomic E-state index is 13.4. The number of carbonyl (C=O) groups excluding carboxylic acids is 2. The number of anilines is 1. The molecule has 0 fully saturated rings. The molecule has 3 aromatic rings. The Kier molecular flexibility index (Phi) is 5.24. The van der Waals surface area contributed by atoms with Crippen molar-refractivity contribution < 1.29 is 14.0 Å². The third-order valence-electron chi connectivity index (χ3n) is 4.77. The SMILES string of the molecule is O=CC1=C(Cl)c2c(ncn(-c3ccc(Cl)cc3)c2=O)N(C=O)C1c1ccc(F)cc1. The van der Waals surface area contributed by atoms with Gasteiger partial charge in [0.1, 0.15) is 24.0 Å². The molecule has 6 nitrogen and oxygen atoms in total. The molecule has 0 saturated heterocycles. The molecule has 1 amide bonds. The summed E-state index contributed by atoms with van der Waals surface area (Å²) in [7, 11) is 0. The van der Waals surface area contributed by atoms with Crippen molar-refractivity contribution in [2.75, 3.05) is 4.90 Å². The lowest BCUT2D eigenvalue weighted by Crippen LogP contribution is -2.37. The number of nitrogens with zero attached hydrogens (tertiary/aromatic N) is 3. The second-order valence-electron chi connectivity index (χ2n) is 6.45. The minimum Gasteiger partial charge on any atom is -0.298 e. The van der Waals surface area contributed by atoms with Gasteiger partial charge in [-0.3, -0.25) is 23.9 Å². The Bertz CT molecular complexity index is 1240. The van der Waals surface area contributed by atoms with Gasteiger partial charge in [0.25, 0.3) is 5.56 Å². The second-order valence-corrected chi connectivity index (χ2v) is 7.26. The minimum absolute atomic E-state index is 0.00405. The van der Waals surface area contributed by atoms with Crippen molar-refractivity contribution in [1.29, 1.82) is 0 Å². The summed E-state index contributed by atoms with van der Waals surface area (Å²) in [5.74, 6) is -0.468. The van der Waals surface area contributed by atoms with Crippen LogP contribution in [0.4, 0.5) is 10.2 Å². The fourth-order valence-electron chi connectivity index (χ4n) is 3.37. The van der Waals surface area contributed by atoms with Crippen molar-refractivity contribution in [3.8, 4) is 5.69 Å². The molecule has 0 N–H and O–H groups in total. The van der Waals surface area contributed by atoms with Gasteiger partial charge in [0.05, 0.1) is 16.8 Å². The van der Waals surface area contributed by atoms with Crippen molar-refractivity contribution in [2.24, 2.45) is 0 Å². The molecular weight excluding hydrogens is 432 g/mol. The standard InChI is InChI=1S/C21H12Cl2FN3O3/c22-13-3-7-15(8-4-13)26-10-25-20-17(21(26)30)18(23)16(9-28)19(27(20)11-29)12-1-5-14(24)6-2-12/h1-11,19H. The molecule has 9 heteroatoms. The van der Waals surface area contributed by atoms with E-state index in [0.717, 1.165) is 4.90 Å². The Morgan fingerprint density at radius 1 is 1.00 bits per heavy atom. The molecule has 4 rings (SSSR count). The summed E-state index contributed by atoms with van der Waals surface area (Å²) in [4.78, 5) is 42.4. The van der Waals surface area contributed by atoms with Crippen molar-refractivity contribution in [2.45, 2.75) is 6.04 Å². The quantitative estimate of drug-likeness (QED) is 0.573. The van der Waals surface area contributed by atoms with Gasteiger partial charge >= 0.3 is 0 Å². The molecule has 1 aliphatic heterocycles. The molecule has 1 aromatic heterocycles. The fourth-order valence-corrected chi connectivity index (χ4v) is 3.81. The van der Waals surface area contributed by atoms with Gasteiger partial charge in [0.15, 0.2) is 5.82 Å². The van der Waals surface area contributed by atoms with Gasteiger partial charge in [-0.1, -0.05) is 35.3 Å². The summed E-state index contributed by atoms with van der Waals surface area (Å²) >= 11 is 12.4. The van der Waals surface area contributed by atoms with E-state index in [0.29, 0.717) is 29.0 Å². The first-order valence-corrected chi connectivity index (χ1v) is 9.43. The summed E-state index contributed by atoms with van der Waals surface area (Å²) in [5, 5.41) is 0.376. The highest BCUT2D eigenvalue weighted by molar-refractivity contribution is 6.51. The molecular formula is C21H12Cl2FN3O3. The highest BCUT2D eigenvalue weighted by Gasteiger charge is 2.36. The highest BCUT2D eigenvalue weighted by atomic mass is 35.5. The zero-order valence-corrected chi connectivity index (χ0v) is 16.6. The van der Waals surface area contributed by atoms with Crippen molar-refractivity contribution in [1.82, 2.24) is 9.55 Å². The predicted octanol–water partition coefficient (Wildman–Crippen LogP) is 3.89. The molecule has 0 spiro atoms. The van der Waals surface area contributed by atoms with E-state index >= 15 is 0 Å². The summed E-state index contributed by atoms with van der Waals surface area (Å²) in [6, 6.07) is 10.8. The monoisotopic (exact) mass is 443 g/mol. The number of rotatable bonds is 4. The fraction of sp³-hybridized carbons (Fsp3) is 0.0476. The topological polar surface area (TPSA) is 72.3 Å². The molecule has 2 aromatic carbocycles. The average molecular weight is 444 g/mol. The van der Waals surface area contributed by atoms with Gasteiger partial charge in [-0.05, 0) is 42.0 Å². The van der Waals surface area contributed by atoms with Crippen LogP contribution in [-0.4, -0.2) is 22.2 Å². The van der Waals surface area contributed by atoms with E-state index < -0.39 is 17.4 Å².